The zero-order chi connectivity index (χ0) is 9.40. The van der Waals surface area contributed by atoms with E-state index in [1.54, 1.807) is 7.11 Å². The number of carbonyl (C=O) groups excluding carboxylic acids is 1. The number of ether oxygens (including phenoxy) is 2. The van der Waals surface area contributed by atoms with Crippen LogP contribution in [0.4, 0.5) is 4.79 Å². The van der Waals surface area contributed by atoms with E-state index in [0.717, 1.165) is 16.6 Å². The van der Waals surface area contributed by atoms with Crippen LogP contribution < -0.4 is 0 Å². The highest BCUT2D eigenvalue weighted by Gasteiger charge is 2.04. The molecule has 0 fully saturated rings. The van der Waals surface area contributed by atoms with Gasteiger partial charge in [-0.25, -0.2) is 4.79 Å². The number of carbonyl (C=O) groups is 1. The Balaban J connectivity index is 3.14. The average Bonchev–Trinajstić information content (AvgIpc) is 2.03. The molecule has 0 aliphatic carbocycles. The van der Waals surface area contributed by atoms with E-state index in [2.05, 4.69) is 25.6 Å². The zero-order valence-corrected chi connectivity index (χ0v) is 8.68. The van der Waals surface area contributed by atoms with E-state index in [9.17, 15) is 4.79 Å². The molecule has 12 heavy (non-hydrogen) atoms. The summed E-state index contributed by atoms with van der Waals surface area (Å²) in [5.74, 6) is 0. The summed E-state index contributed by atoms with van der Waals surface area (Å²) in [7, 11) is 1.63. The second kappa shape index (κ2) is 7.57. The van der Waals surface area contributed by atoms with E-state index in [4.69, 9.17) is 9.47 Å². The lowest BCUT2D eigenvalue weighted by atomic mass is 10.3. The van der Waals surface area contributed by atoms with Gasteiger partial charge in [-0.3, -0.25) is 0 Å². The van der Waals surface area contributed by atoms with Gasteiger partial charge in [0.2, 0.25) is 0 Å². The van der Waals surface area contributed by atoms with Gasteiger partial charge in [-0.2, -0.15) is 3.71 Å². The van der Waals surface area contributed by atoms with Crippen LogP contribution in [0.2, 0.25) is 0 Å². The molecule has 0 aromatic heterocycles. The molecule has 0 aromatic rings. The van der Waals surface area contributed by atoms with Gasteiger partial charge in [0.05, 0.1) is 6.61 Å². The van der Waals surface area contributed by atoms with Crippen molar-refractivity contribution in [1.29, 1.82) is 0 Å². The van der Waals surface area contributed by atoms with E-state index in [-0.39, 0.29) is 0 Å². The maximum Gasteiger partial charge on any atom is 0.429 e. The molecule has 0 rings (SSSR count). The van der Waals surface area contributed by atoms with Crippen LogP contribution in [0.3, 0.4) is 0 Å². The normalized spacial score (nSPS) is 9.58. The van der Waals surface area contributed by atoms with Crippen molar-refractivity contribution in [2.24, 2.45) is 0 Å². The molecule has 72 valence electrons. The van der Waals surface area contributed by atoms with Crippen LogP contribution in [-0.4, -0.2) is 30.1 Å². The largest absolute Gasteiger partial charge is 0.448 e. The van der Waals surface area contributed by atoms with Crippen LogP contribution >= 0.6 is 25.6 Å². The lowest BCUT2D eigenvalue weighted by Crippen LogP contribution is -2.14. The van der Waals surface area contributed by atoms with Gasteiger partial charge < -0.3 is 9.47 Å². The van der Waals surface area contributed by atoms with Crippen LogP contribution in [0.15, 0.2) is 0 Å². The Bertz CT molecular complexity index is 132. The first-order chi connectivity index (χ1) is 5.68. The summed E-state index contributed by atoms with van der Waals surface area (Å²) in [6.07, 6.45) is 1.11. The predicted molar refractivity (Wildman–Crippen MR) is 52.3 cm³/mol. The molecule has 6 heteroatoms. The Kier molecular flexibility index (Phi) is 7.53. The lowest BCUT2D eigenvalue weighted by molar-refractivity contribution is 0.133. The number of amides is 1. The highest BCUT2D eigenvalue weighted by molar-refractivity contribution is 7.94. The summed E-state index contributed by atoms with van der Waals surface area (Å²) in [5, 5.41) is 0. The third-order valence-electron chi connectivity index (χ3n) is 1.13. The van der Waals surface area contributed by atoms with Crippen LogP contribution in [-0.2, 0) is 9.47 Å². The van der Waals surface area contributed by atoms with Crippen molar-refractivity contribution in [2.75, 3.05) is 20.3 Å². The zero-order valence-electron chi connectivity index (χ0n) is 6.89. The Morgan fingerprint density at radius 3 is 2.42 bits per heavy atom. The molecule has 4 nitrogen and oxygen atoms in total. The highest BCUT2D eigenvalue weighted by Crippen LogP contribution is 2.01. The minimum Gasteiger partial charge on any atom is -0.448 e. The Hall–Kier alpha value is -0.0700. The quantitative estimate of drug-likeness (QED) is 0.535. The molecule has 0 atom stereocenters. The number of thiol groups is 2. The number of nitrogens with zero attached hydrogens (tertiary/aromatic N) is 1. The fraction of sp³-hybridized carbons (Fsp3) is 0.833. The molecule has 0 saturated heterocycles. The first kappa shape index (κ1) is 11.9. The van der Waals surface area contributed by atoms with Gasteiger partial charge in [0.15, 0.2) is 0 Å². The van der Waals surface area contributed by atoms with Gasteiger partial charge >= 0.3 is 6.09 Å². The van der Waals surface area contributed by atoms with Crippen molar-refractivity contribution >= 4 is 31.7 Å². The minimum absolute atomic E-state index is 0.375. The van der Waals surface area contributed by atoms with Crippen LogP contribution in [0, 0.1) is 0 Å². The Morgan fingerprint density at radius 2 is 1.92 bits per heavy atom. The summed E-state index contributed by atoms with van der Waals surface area (Å²) in [5.41, 5.74) is 0. The molecule has 0 unspecified atom stereocenters. The monoisotopic (exact) mass is 211 g/mol. The molecule has 0 aromatic carbocycles. The molecule has 0 saturated carbocycles. The second-order valence-corrected chi connectivity index (χ2v) is 3.22. The molecule has 0 aliphatic rings. The van der Waals surface area contributed by atoms with Gasteiger partial charge in [-0.15, -0.1) is 0 Å². The van der Waals surface area contributed by atoms with Crippen molar-refractivity contribution in [3.8, 4) is 0 Å². The summed E-state index contributed by atoms with van der Waals surface area (Å²) >= 11 is 7.27. The van der Waals surface area contributed by atoms with E-state index in [1.807, 2.05) is 0 Å². The van der Waals surface area contributed by atoms with Crippen molar-refractivity contribution in [3.63, 3.8) is 0 Å². The SMILES string of the molecule is COCCCCOC(=O)N(S)S. The lowest BCUT2D eigenvalue weighted by Gasteiger charge is -2.07. The molecule has 0 spiro atoms. The molecular weight excluding hydrogens is 198 g/mol. The fourth-order valence-corrected chi connectivity index (χ4v) is 0.681. The first-order valence-corrected chi connectivity index (χ1v) is 4.32. The van der Waals surface area contributed by atoms with E-state index in [0.29, 0.717) is 13.2 Å². The highest BCUT2D eigenvalue weighted by atomic mass is 32.2. The van der Waals surface area contributed by atoms with Crippen molar-refractivity contribution in [1.82, 2.24) is 3.71 Å². The van der Waals surface area contributed by atoms with E-state index < -0.39 is 6.09 Å². The summed E-state index contributed by atoms with van der Waals surface area (Å²) in [4.78, 5) is 10.7. The number of methoxy groups -OCH3 is 1. The third kappa shape index (κ3) is 6.63. The number of hydrogen-bond acceptors (Lipinski definition) is 5. The third-order valence-corrected chi connectivity index (χ3v) is 1.46. The maximum atomic E-state index is 10.7. The number of rotatable bonds is 5. The topological polar surface area (TPSA) is 38.8 Å². The molecule has 0 radical (unpaired) electrons. The van der Waals surface area contributed by atoms with E-state index >= 15 is 0 Å². The van der Waals surface area contributed by atoms with Crippen molar-refractivity contribution in [3.05, 3.63) is 0 Å². The molecule has 0 heterocycles. The van der Waals surface area contributed by atoms with Crippen LogP contribution in [0.25, 0.3) is 0 Å². The Labute approximate surface area is 83.3 Å². The Morgan fingerprint density at radius 1 is 1.33 bits per heavy atom. The summed E-state index contributed by atoms with van der Waals surface area (Å²) in [6.45, 7) is 1.06. The first-order valence-electron chi connectivity index (χ1n) is 3.52. The van der Waals surface area contributed by atoms with Crippen LogP contribution in [0.1, 0.15) is 12.8 Å². The average molecular weight is 211 g/mol. The minimum atomic E-state index is -0.556. The number of hydrogen-bond donors (Lipinski definition) is 2. The van der Waals surface area contributed by atoms with Crippen LogP contribution in [0.5, 0.6) is 0 Å². The smallest absolute Gasteiger partial charge is 0.429 e. The maximum absolute atomic E-state index is 10.7. The summed E-state index contributed by atoms with van der Waals surface area (Å²) < 4.78 is 10.3. The van der Waals surface area contributed by atoms with Gasteiger partial charge in [0.1, 0.15) is 0 Å². The summed E-state index contributed by atoms with van der Waals surface area (Å²) in [6, 6.07) is 0. The van der Waals surface area contributed by atoms with Crippen molar-refractivity contribution in [2.45, 2.75) is 12.8 Å². The number of unbranched alkanes of at least 4 members (excludes halogenated alkanes) is 1. The standard InChI is InChI=1S/C6H13NO3S2/c1-9-4-2-3-5-10-6(8)7(11)12/h11-12H,2-5H2,1H3. The molecular formula is C6H13NO3S2. The fourth-order valence-electron chi connectivity index (χ4n) is 0.566. The molecule has 1 amide bonds. The predicted octanol–water partition coefficient (Wildman–Crippen LogP) is 1.54. The van der Waals surface area contributed by atoms with Gasteiger partial charge in [0, 0.05) is 13.7 Å². The van der Waals surface area contributed by atoms with Gasteiger partial charge in [-0.05, 0) is 38.5 Å². The molecule has 0 N–H and O–H groups in total. The van der Waals surface area contributed by atoms with Gasteiger partial charge in [-0.1, -0.05) is 0 Å². The van der Waals surface area contributed by atoms with Crippen molar-refractivity contribution < 1.29 is 14.3 Å². The van der Waals surface area contributed by atoms with E-state index in [1.165, 1.54) is 0 Å². The second-order valence-electron chi connectivity index (χ2n) is 2.10. The molecule has 0 aliphatic heterocycles. The van der Waals surface area contributed by atoms with Gasteiger partial charge in [0.25, 0.3) is 0 Å². The molecule has 0 bridgehead atoms.